The van der Waals surface area contributed by atoms with E-state index < -0.39 is 0 Å². The van der Waals surface area contributed by atoms with E-state index in [1.807, 2.05) is 31.7 Å². The van der Waals surface area contributed by atoms with Gasteiger partial charge in [0.05, 0.1) is 23.6 Å². The lowest BCUT2D eigenvalue weighted by molar-refractivity contribution is -0.122. The summed E-state index contributed by atoms with van der Waals surface area (Å²) in [5, 5.41) is 7.03. The van der Waals surface area contributed by atoms with E-state index in [1.165, 1.54) is 0 Å². The molecule has 7 nitrogen and oxygen atoms in total. The Hall–Kier alpha value is -2.31. The fourth-order valence-corrected chi connectivity index (χ4v) is 1.80. The van der Waals surface area contributed by atoms with Crippen molar-refractivity contribution >= 4 is 11.6 Å². The van der Waals surface area contributed by atoms with Crippen LogP contribution < -0.4 is 11.1 Å². The molecule has 1 amide bonds. The molecule has 0 aliphatic carbocycles. The minimum Gasteiger partial charge on any atom is -0.396 e. The Morgan fingerprint density at radius 3 is 2.74 bits per heavy atom. The first kappa shape index (κ1) is 13.1. The number of aromatic nitrogens is 4. The number of anilines is 1. The molecule has 19 heavy (non-hydrogen) atoms. The molecule has 0 unspecified atom stereocenters. The third-order valence-electron chi connectivity index (χ3n) is 3.10. The smallest absolute Gasteiger partial charge is 0.242 e. The Bertz CT molecular complexity index is 597. The van der Waals surface area contributed by atoms with Crippen molar-refractivity contribution in [2.75, 3.05) is 5.73 Å². The molecule has 2 rings (SSSR count). The second-order valence-electron chi connectivity index (χ2n) is 4.47. The van der Waals surface area contributed by atoms with Crippen LogP contribution in [-0.2, 0) is 24.9 Å². The molecular weight excluding hydrogens is 244 g/mol. The summed E-state index contributed by atoms with van der Waals surface area (Å²) in [6, 6.07) is 0. The van der Waals surface area contributed by atoms with Crippen molar-refractivity contribution in [1.82, 2.24) is 24.6 Å². The standard InChI is InChI=1S/C12H18N6O/c1-8-12(13)9(2)18(16-8)7-11(19)15-6-10-14-4-5-17(10)3/h4-5H,6-7,13H2,1-3H3,(H,15,19). The van der Waals surface area contributed by atoms with E-state index in [9.17, 15) is 4.79 Å². The number of aryl methyl sites for hydroxylation is 2. The summed E-state index contributed by atoms with van der Waals surface area (Å²) >= 11 is 0. The topological polar surface area (TPSA) is 90.8 Å². The summed E-state index contributed by atoms with van der Waals surface area (Å²) < 4.78 is 3.47. The van der Waals surface area contributed by atoms with Crippen LogP contribution in [0.2, 0.25) is 0 Å². The number of imidazole rings is 1. The van der Waals surface area contributed by atoms with Crippen molar-refractivity contribution in [2.24, 2.45) is 7.05 Å². The monoisotopic (exact) mass is 262 g/mol. The molecule has 0 aliphatic rings. The van der Waals surface area contributed by atoms with Gasteiger partial charge in [-0.2, -0.15) is 5.10 Å². The molecule has 7 heteroatoms. The second kappa shape index (κ2) is 5.13. The number of nitrogens with one attached hydrogen (secondary N) is 1. The Kier molecular flexibility index (Phi) is 3.55. The molecule has 0 saturated heterocycles. The summed E-state index contributed by atoms with van der Waals surface area (Å²) in [7, 11) is 1.89. The molecule has 2 heterocycles. The summed E-state index contributed by atoms with van der Waals surface area (Å²) in [5.74, 6) is 0.690. The van der Waals surface area contributed by atoms with Gasteiger partial charge in [0.25, 0.3) is 0 Å². The van der Waals surface area contributed by atoms with Crippen LogP contribution in [0.5, 0.6) is 0 Å². The summed E-state index contributed by atoms with van der Waals surface area (Å²) in [6.07, 6.45) is 3.53. The molecule has 0 radical (unpaired) electrons. The van der Waals surface area contributed by atoms with Gasteiger partial charge in [0.1, 0.15) is 12.4 Å². The normalized spacial score (nSPS) is 10.7. The largest absolute Gasteiger partial charge is 0.396 e. The highest BCUT2D eigenvalue weighted by atomic mass is 16.2. The number of carbonyl (C=O) groups excluding carboxylic acids is 1. The number of hydrogen-bond donors (Lipinski definition) is 2. The summed E-state index contributed by atoms with van der Waals surface area (Å²) in [4.78, 5) is 16.0. The summed E-state index contributed by atoms with van der Waals surface area (Å²) in [6.45, 7) is 4.23. The van der Waals surface area contributed by atoms with E-state index in [4.69, 9.17) is 5.73 Å². The van der Waals surface area contributed by atoms with Crippen molar-refractivity contribution in [3.05, 3.63) is 29.6 Å². The van der Waals surface area contributed by atoms with E-state index in [2.05, 4.69) is 15.4 Å². The zero-order valence-electron chi connectivity index (χ0n) is 11.3. The highest BCUT2D eigenvalue weighted by Gasteiger charge is 2.11. The van der Waals surface area contributed by atoms with Gasteiger partial charge >= 0.3 is 0 Å². The number of rotatable bonds is 4. The molecule has 0 fully saturated rings. The van der Waals surface area contributed by atoms with Gasteiger partial charge in [0.15, 0.2) is 0 Å². The minimum atomic E-state index is -0.117. The molecule has 0 bridgehead atoms. The fourth-order valence-electron chi connectivity index (χ4n) is 1.80. The van der Waals surface area contributed by atoms with E-state index in [0.717, 1.165) is 17.2 Å². The van der Waals surface area contributed by atoms with Crippen molar-refractivity contribution in [3.63, 3.8) is 0 Å². The Labute approximate surface area is 111 Å². The van der Waals surface area contributed by atoms with Gasteiger partial charge in [-0.1, -0.05) is 0 Å². The predicted octanol–water partition coefficient (Wildman–Crippen LogP) is 0.132. The maximum atomic E-state index is 11.8. The van der Waals surface area contributed by atoms with Crippen LogP contribution in [0.1, 0.15) is 17.2 Å². The zero-order valence-corrected chi connectivity index (χ0v) is 11.3. The molecule has 3 N–H and O–H groups in total. The minimum absolute atomic E-state index is 0.117. The molecule has 0 saturated carbocycles. The highest BCUT2D eigenvalue weighted by molar-refractivity contribution is 5.75. The first-order chi connectivity index (χ1) is 8.99. The highest BCUT2D eigenvalue weighted by Crippen LogP contribution is 2.14. The van der Waals surface area contributed by atoms with Gasteiger partial charge < -0.3 is 15.6 Å². The number of nitrogen functional groups attached to an aromatic ring is 1. The lowest BCUT2D eigenvalue weighted by atomic mass is 10.3. The number of hydrogen-bond acceptors (Lipinski definition) is 4. The molecule has 0 atom stereocenters. The van der Waals surface area contributed by atoms with Crippen molar-refractivity contribution in [3.8, 4) is 0 Å². The van der Waals surface area contributed by atoms with Crippen LogP contribution in [0, 0.1) is 13.8 Å². The maximum absolute atomic E-state index is 11.8. The van der Waals surface area contributed by atoms with Crippen LogP contribution in [-0.4, -0.2) is 25.2 Å². The van der Waals surface area contributed by atoms with Crippen LogP contribution in [0.25, 0.3) is 0 Å². The number of nitrogens with zero attached hydrogens (tertiary/aromatic N) is 4. The summed E-state index contributed by atoms with van der Waals surface area (Å²) in [5.41, 5.74) is 8.01. The third-order valence-corrected chi connectivity index (χ3v) is 3.10. The zero-order chi connectivity index (χ0) is 14.0. The molecule has 2 aromatic rings. The molecule has 2 aromatic heterocycles. The van der Waals surface area contributed by atoms with Gasteiger partial charge in [0, 0.05) is 19.4 Å². The number of amides is 1. The Morgan fingerprint density at radius 1 is 1.47 bits per heavy atom. The van der Waals surface area contributed by atoms with Gasteiger partial charge in [-0.3, -0.25) is 9.48 Å². The van der Waals surface area contributed by atoms with Crippen LogP contribution in [0.3, 0.4) is 0 Å². The Morgan fingerprint density at radius 2 is 2.21 bits per heavy atom. The van der Waals surface area contributed by atoms with Crippen LogP contribution in [0.15, 0.2) is 12.4 Å². The lowest BCUT2D eigenvalue weighted by Gasteiger charge is -2.07. The molecule has 0 spiro atoms. The van der Waals surface area contributed by atoms with Crippen LogP contribution >= 0.6 is 0 Å². The molecule has 102 valence electrons. The molecule has 0 aliphatic heterocycles. The molecular formula is C12H18N6O. The van der Waals surface area contributed by atoms with Gasteiger partial charge in [-0.15, -0.1) is 0 Å². The fraction of sp³-hybridized carbons (Fsp3) is 0.417. The first-order valence-electron chi connectivity index (χ1n) is 6.01. The number of nitrogens with two attached hydrogens (primary N) is 1. The SMILES string of the molecule is Cc1nn(CC(=O)NCc2nccn2C)c(C)c1N. The maximum Gasteiger partial charge on any atom is 0.242 e. The van der Waals surface area contributed by atoms with Gasteiger partial charge in [-0.25, -0.2) is 4.98 Å². The molecule has 0 aromatic carbocycles. The predicted molar refractivity (Wildman–Crippen MR) is 71.2 cm³/mol. The van der Waals surface area contributed by atoms with Crippen molar-refractivity contribution in [1.29, 1.82) is 0 Å². The quantitative estimate of drug-likeness (QED) is 0.819. The van der Waals surface area contributed by atoms with Gasteiger partial charge in [0.2, 0.25) is 5.91 Å². The van der Waals surface area contributed by atoms with Crippen molar-refractivity contribution < 1.29 is 4.79 Å². The first-order valence-corrected chi connectivity index (χ1v) is 6.01. The Balaban J connectivity index is 1.94. The van der Waals surface area contributed by atoms with E-state index in [1.54, 1.807) is 10.9 Å². The number of carbonyl (C=O) groups is 1. The second-order valence-corrected chi connectivity index (χ2v) is 4.47. The lowest BCUT2D eigenvalue weighted by Crippen LogP contribution is -2.29. The van der Waals surface area contributed by atoms with Crippen molar-refractivity contribution in [2.45, 2.75) is 26.9 Å². The third kappa shape index (κ3) is 2.75. The van der Waals surface area contributed by atoms with E-state index >= 15 is 0 Å². The van der Waals surface area contributed by atoms with E-state index in [0.29, 0.717) is 12.2 Å². The van der Waals surface area contributed by atoms with E-state index in [-0.39, 0.29) is 12.5 Å². The average Bonchev–Trinajstić information content (AvgIpc) is 2.87. The van der Waals surface area contributed by atoms with Crippen LogP contribution in [0.4, 0.5) is 5.69 Å². The van der Waals surface area contributed by atoms with Gasteiger partial charge in [-0.05, 0) is 13.8 Å². The average molecular weight is 262 g/mol.